The van der Waals surface area contributed by atoms with Crippen molar-refractivity contribution < 1.29 is 9.84 Å². The van der Waals surface area contributed by atoms with Crippen LogP contribution in [-0.2, 0) is 4.74 Å². The zero-order valence-electron chi connectivity index (χ0n) is 10.2. The van der Waals surface area contributed by atoms with E-state index in [0.717, 1.165) is 18.9 Å². The summed E-state index contributed by atoms with van der Waals surface area (Å²) in [7, 11) is 0. The molecule has 0 amide bonds. The van der Waals surface area contributed by atoms with Crippen LogP contribution in [0.5, 0.6) is 0 Å². The fourth-order valence-corrected chi connectivity index (χ4v) is 2.15. The summed E-state index contributed by atoms with van der Waals surface area (Å²) in [6.45, 7) is 5.56. The van der Waals surface area contributed by atoms with Crippen LogP contribution in [0.3, 0.4) is 0 Å². The maximum Gasteiger partial charge on any atom is 0.0799 e. The van der Waals surface area contributed by atoms with Crippen molar-refractivity contribution in [2.75, 3.05) is 13.2 Å². The first kappa shape index (κ1) is 13.0. The summed E-state index contributed by atoms with van der Waals surface area (Å²) in [5.41, 5.74) is 0. The minimum atomic E-state index is -0.279. The van der Waals surface area contributed by atoms with Crippen molar-refractivity contribution in [2.45, 2.75) is 58.5 Å². The predicted octanol–water partition coefficient (Wildman–Crippen LogP) is 2.99. The minimum Gasteiger partial charge on any atom is -0.390 e. The number of rotatable bonds is 6. The average molecular weight is 214 g/mol. The third-order valence-electron chi connectivity index (χ3n) is 3.67. The summed E-state index contributed by atoms with van der Waals surface area (Å²) in [5, 5.41) is 9.72. The van der Waals surface area contributed by atoms with Crippen molar-refractivity contribution in [3.63, 3.8) is 0 Å². The van der Waals surface area contributed by atoms with Crippen LogP contribution in [0.15, 0.2) is 0 Å². The molecule has 0 aliphatic heterocycles. The molecular weight excluding hydrogens is 188 g/mol. The zero-order valence-corrected chi connectivity index (χ0v) is 10.2. The van der Waals surface area contributed by atoms with E-state index in [1.807, 2.05) is 0 Å². The molecule has 0 heterocycles. The number of ether oxygens (including phenoxy) is 1. The second-order valence-electron chi connectivity index (χ2n) is 4.99. The molecule has 1 fully saturated rings. The molecule has 1 rings (SSSR count). The highest BCUT2D eigenvalue weighted by Gasteiger charge is 2.16. The molecule has 15 heavy (non-hydrogen) atoms. The van der Waals surface area contributed by atoms with E-state index >= 15 is 0 Å². The Morgan fingerprint density at radius 2 is 1.93 bits per heavy atom. The average Bonchev–Trinajstić information content (AvgIpc) is 2.29. The molecule has 1 N–H and O–H groups in total. The van der Waals surface area contributed by atoms with Gasteiger partial charge < -0.3 is 9.84 Å². The standard InChI is InChI=1S/C13H26O2/c1-3-11(2)13(14)10-15-9-12-7-5-4-6-8-12/h11-14H,3-10H2,1-2H3. The number of hydrogen-bond acceptors (Lipinski definition) is 2. The Kier molecular flexibility index (Phi) is 6.26. The molecule has 0 aromatic rings. The van der Waals surface area contributed by atoms with E-state index in [9.17, 15) is 5.11 Å². The highest BCUT2D eigenvalue weighted by Crippen LogP contribution is 2.23. The van der Waals surface area contributed by atoms with Gasteiger partial charge in [0.05, 0.1) is 12.7 Å². The van der Waals surface area contributed by atoms with E-state index in [1.165, 1.54) is 32.1 Å². The predicted molar refractivity (Wildman–Crippen MR) is 62.9 cm³/mol. The largest absolute Gasteiger partial charge is 0.390 e. The summed E-state index contributed by atoms with van der Waals surface area (Å²) in [6, 6.07) is 0. The molecule has 2 heteroatoms. The first-order valence-corrected chi connectivity index (χ1v) is 6.49. The van der Waals surface area contributed by atoms with Crippen LogP contribution in [0.25, 0.3) is 0 Å². The maximum atomic E-state index is 9.72. The molecule has 0 spiro atoms. The first-order chi connectivity index (χ1) is 7.24. The fraction of sp³-hybridized carbons (Fsp3) is 1.00. The van der Waals surface area contributed by atoms with Gasteiger partial charge in [0.25, 0.3) is 0 Å². The zero-order chi connectivity index (χ0) is 11.1. The van der Waals surface area contributed by atoms with Crippen LogP contribution in [0.4, 0.5) is 0 Å². The van der Waals surface area contributed by atoms with Gasteiger partial charge in [-0.15, -0.1) is 0 Å². The molecule has 1 saturated carbocycles. The van der Waals surface area contributed by atoms with E-state index in [2.05, 4.69) is 13.8 Å². The molecule has 0 bridgehead atoms. The third-order valence-corrected chi connectivity index (χ3v) is 3.67. The molecule has 2 atom stereocenters. The van der Waals surface area contributed by atoms with Gasteiger partial charge in [-0.25, -0.2) is 0 Å². The van der Waals surface area contributed by atoms with Crippen molar-refractivity contribution in [2.24, 2.45) is 11.8 Å². The summed E-state index contributed by atoms with van der Waals surface area (Å²) in [5.74, 6) is 1.11. The second kappa shape index (κ2) is 7.24. The van der Waals surface area contributed by atoms with Crippen LogP contribution < -0.4 is 0 Å². The first-order valence-electron chi connectivity index (χ1n) is 6.49. The summed E-state index contributed by atoms with van der Waals surface area (Å²) < 4.78 is 5.61. The van der Waals surface area contributed by atoms with Gasteiger partial charge >= 0.3 is 0 Å². The van der Waals surface area contributed by atoms with Crippen LogP contribution in [0, 0.1) is 11.8 Å². The lowest BCUT2D eigenvalue weighted by atomic mass is 9.90. The molecule has 1 aliphatic carbocycles. The molecule has 1 aliphatic rings. The van der Waals surface area contributed by atoms with Crippen LogP contribution in [-0.4, -0.2) is 24.4 Å². The molecule has 0 aromatic heterocycles. The maximum absolute atomic E-state index is 9.72. The molecule has 0 radical (unpaired) electrons. The quantitative estimate of drug-likeness (QED) is 0.736. The van der Waals surface area contributed by atoms with Crippen molar-refractivity contribution in [3.8, 4) is 0 Å². The lowest BCUT2D eigenvalue weighted by molar-refractivity contribution is -0.00764. The highest BCUT2D eigenvalue weighted by molar-refractivity contribution is 4.66. The monoisotopic (exact) mass is 214 g/mol. The minimum absolute atomic E-state index is 0.279. The van der Waals surface area contributed by atoms with Gasteiger partial charge in [-0.3, -0.25) is 0 Å². The fourth-order valence-electron chi connectivity index (χ4n) is 2.15. The van der Waals surface area contributed by atoms with Gasteiger partial charge in [-0.2, -0.15) is 0 Å². The Bertz CT molecular complexity index is 151. The molecule has 2 nitrogen and oxygen atoms in total. The molecule has 2 unspecified atom stereocenters. The Balaban J connectivity index is 2.04. The highest BCUT2D eigenvalue weighted by atomic mass is 16.5. The molecule has 0 saturated heterocycles. The summed E-state index contributed by atoms with van der Waals surface area (Å²) in [4.78, 5) is 0. The topological polar surface area (TPSA) is 29.5 Å². The van der Waals surface area contributed by atoms with E-state index in [1.54, 1.807) is 0 Å². The number of hydrogen-bond donors (Lipinski definition) is 1. The van der Waals surface area contributed by atoms with Gasteiger partial charge in [0, 0.05) is 6.61 Å². The lowest BCUT2D eigenvalue weighted by Gasteiger charge is -2.23. The van der Waals surface area contributed by atoms with Gasteiger partial charge in [-0.05, 0) is 24.7 Å². The van der Waals surface area contributed by atoms with Gasteiger partial charge in [0.15, 0.2) is 0 Å². The summed E-state index contributed by atoms with van der Waals surface area (Å²) in [6.07, 6.45) is 7.50. The van der Waals surface area contributed by atoms with E-state index in [0.29, 0.717) is 12.5 Å². The second-order valence-corrected chi connectivity index (χ2v) is 4.99. The Morgan fingerprint density at radius 3 is 2.53 bits per heavy atom. The number of aliphatic hydroxyl groups excluding tert-OH is 1. The normalized spacial score (nSPS) is 22.6. The van der Waals surface area contributed by atoms with Gasteiger partial charge in [0.1, 0.15) is 0 Å². The lowest BCUT2D eigenvalue weighted by Crippen LogP contribution is -2.25. The number of aliphatic hydroxyl groups is 1. The smallest absolute Gasteiger partial charge is 0.0799 e. The van der Waals surface area contributed by atoms with Crippen molar-refractivity contribution in [1.29, 1.82) is 0 Å². The Morgan fingerprint density at radius 1 is 1.27 bits per heavy atom. The van der Waals surface area contributed by atoms with E-state index in [-0.39, 0.29) is 6.10 Å². The van der Waals surface area contributed by atoms with E-state index < -0.39 is 0 Å². The SMILES string of the molecule is CCC(C)C(O)COCC1CCCCC1. The van der Waals surface area contributed by atoms with E-state index in [4.69, 9.17) is 4.74 Å². The molecule has 0 aromatic carbocycles. The van der Waals surface area contributed by atoms with Crippen LogP contribution in [0.1, 0.15) is 52.4 Å². The Hall–Kier alpha value is -0.0800. The van der Waals surface area contributed by atoms with Crippen molar-refractivity contribution in [3.05, 3.63) is 0 Å². The molecule has 90 valence electrons. The van der Waals surface area contributed by atoms with Crippen LogP contribution >= 0.6 is 0 Å². The van der Waals surface area contributed by atoms with Gasteiger partial charge in [-0.1, -0.05) is 39.5 Å². The van der Waals surface area contributed by atoms with Crippen LogP contribution in [0.2, 0.25) is 0 Å². The van der Waals surface area contributed by atoms with Gasteiger partial charge in [0.2, 0.25) is 0 Å². The molecular formula is C13H26O2. The van der Waals surface area contributed by atoms with Crippen molar-refractivity contribution in [1.82, 2.24) is 0 Å². The summed E-state index contributed by atoms with van der Waals surface area (Å²) >= 11 is 0. The van der Waals surface area contributed by atoms with Crippen molar-refractivity contribution >= 4 is 0 Å². The third kappa shape index (κ3) is 4.98. The Labute approximate surface area is 94.0 Å².